The highest BCUT2D eigenvalue weighted by atomic mass is 16.4. The molecule has 1 aromatic heterocycles. The first kappa shape index (κ1) is 14.3. The lowest BCUT2D eigenvalue weighted by atomic mass is 10.0. The molecule has 3 N–H and O–H groups in total. The molecule has 0 radical (unpaired) electrons. The monoisotopic (exact) mass is 277 g/mol. The summed E-state index contributed by atoms with van der Waals surface area (Å²) in [5, 5.41) is 14.6. The number of carbonyl (C=O) groups excluding carboxylic acids is 1. The lowest BCUT2D eigenvalue weighted by Gasteiger charge is -2.20. The second-order valence-corrected chi connectivity index (χ2v) is 5.11. The molecule has 1 aromatic rings. The molecule has 1 heterocycles. The minimum absolute atomic E-state index is 0.173. The SMILES string of the molecule is CC(NC(=O)NC1CCCC1C(=O)O)c1cccnc1. The second kappa shape index (κ2) is 6.36. The van der Waals surface area contributed by atoms with Gasteiger partial charge in [0.1, 0.15) is 0 Å². The van der Waals surface area contributed by atoms with Crippen LogP contribution in [0.25, 0.3) is 0 Å². The van der Waals surface area contributed by atoms with Crippen molar-refractivity contribution < 1.29 is 14.7 Å². The molecule has 2 amide bonds. The van der Waals surface area contributed by atoms with Gasteiger partial charge in [0.05, 0.1) is 12.0 Å². The highest BCUT2D eigenvalue weighted by molar-refractivity contribution is 5.77. The van der Waals surface area contributed by atoms with Crippen LogP contribution >= 0.6 is 0 Å². The Morgan fingerprint density at radius 1 is 1.45 bits per heavy atom. The van der Waals surface area contributed by atoms with Crippen LogP contribution in [0.3, 0.4) is 0 Å². The summed E-state index contributed by atoms with van der Waals surface area (Å²) in [4.78, 5) is 27.0. The number of carboxylic acid groups (broad SMARTS) is 1. The molecule has 0 spiro atoms. The standard InChI is InChI=1S/C14H19N3O3/c1-9(10-4-3-7-15-8-10)16-14(20)17-12-6-2-5-11(12)13(18)19/h3-4,7-9,11-12H,2,5-6H2,1H3,(H,18,19)(H2,16,17,20). The Morgan fingerprint density at radius 2 is 2.25 bits per heavy atom. The Balaban J connectivity index is 1.88. The maximum Gasteiger partial charge on any atom is 0.315 e. The number of aromatic nitrogens is 1. The molecule has 0 aromatic carbocycles. The van der Waals surface area contributed by atoms with Crippen LogP contribution < -0.4 is 10.6 Å². The zero-order chi connectivity index (χ0) is 14.5. The van der Waals surface area contributed by atoms with E-state index in [2.05, 4.69) is 15.6 Å². The van der Waals surface area contributed by atoms with Gasteiger partial charge in [-0.2, -0.15) is 0 Å². The first-order valence-electron chi connectivity index (χ1n) is 6.77. The minimum Gasteiger partial charge on any atom is -0.481 e. The molecule has 1 aliphatic carbocycles. The average molecular weight is 277 g/mol. The number of amides is 2. The molecule has 3 unspecified atom stereocenters. The summed E-state index contributed by atoms with van der Waals surface area (Å²) in [6, 6.07) is 2.90. The van der Waals surface area contributed by atoms with Crippen molar-refractivity contribution in [3.8, 4) is 0 Å². The Kier molecular flexibility index (Phi) is 4.55. The fraction of sp³-hybridized carbons (Fsp3) is 0.500. The first-order chi connectivity index (χ1) is 9.58. The van der Waals surface area contributed by atoms with E-state index in [0.29, 0.717) is 12.8 Å². The van der Waals surface area contributed by atoms with Gasteiger partial charge in [-0.1, -0.05) is 12.5 Å². The van der Waals surface area contributed by atoms with E-state index in [1.165, 1.54) is 0 Å². The smallest absolute Gasteiger partial charge is 0.315 e. The number of nitrogens with zero attached hydrogens (tertiary/aromatic N) is 1. The van der Waals surface area contributed by atoms with Crippen molar-refractivity contribution in [3.05, 3.63) is 30.1 Å². The van der Waals surface area contributed by atoms with Gasteiger partial charge in [-0.25, -0.2) is 4.79 Å². The third kappa shape index (κ3) is 3.46. The highest BCUT2D eigenvalue weighted by Gasteiger charge is 2.33. The predicted octanol–water partition coefficient (Wildman–Crippen LogP) is 1.70. The normalized spacial score (nSPS) is 23.1. The largest absolute Gasteiger partial charge is 0.481 e. The topological polar surface area (TPSA) is 91.3 Å². The molecule has 1 aliphatic rings. The lowest BCUT2D eigenvalue weighted by molar-refractivity contribution is -0.142. The van der Waals surface area contributed by atoms with Gasteiger partial charge in [-0.15, -0.1) is 0 Å². The fourth-order valence-electron chi connectivity index (χ4n) is 2.55. The van der Waals surface area contributed by atoms with Crippen molar-refractivity contribution in [1.82, 2.24) is 15.6 Å². The molecule has 1 fully saturated rings. The van der Waals surface area contributed by atoms with Crippen LogP contribution in [0.5, 0.6) is 0 Å². The summed E-state index contributed by atoms with van der Waals surface area (Å²) in [7, 11) is 0. The van der Waals surface area contributed by atoms with Gasteiger partial charge in [0, 0.05) is 18.4 Å². The van der Waals surface area contributed by atoms with Gasteiger partial charge in [-0.05, 0) is 31.4 Å². The van der Waals surface area contributed by atoms with Gasteiger partial charge in [-0.3, -0.25) is 9.78 Å². The van der Waals surface area contributed by atoms with Gasteiger partial charge < -0.3 is 15.7 Å². The number of carboxylic acids is 1. The molecule has 6 nitrogen and oxygen atoms in total. The number of nitrogens with one attached hydrogen (secondary N) is 2. The number of hydrogen-bond donors (Lipinski definition) is 3. The Morgan fingerprint density at radius 3 is 2.90 bits per heavy atom. The number of rotatable bonds is 4. The van der Waals surface area contributed by atoms with Gasteiger partial charge in [0.2, 0.25) is 0 Å². The van der Waals surface area contributed by atoms with Crippen LogP contribution in [-0.2, 0) is 4.79 Å². The Hall–Kier alpha value is -2.11. The maximum atomic E-state index is 11.9. The average Bonchev–Trinajstić information content (AvgIpc) is 2.87. The first-order valence-corrected chi connectivity index (χ1v) is 6.77. The van der Waals surface area contributed by atoms with Gasteiger partial charge in [0.25, 0.3) is 0 Å². The van der Waals surface area contributed by atoms with Crippen LogP contribution in [-0.4, -0.2) is 28.1 Å². The van der Waals surface area contributed by atoms with E-state index < -0.39 is 11.9 Å². The van der Waals surface area contributed by atoms with Crippen molar-refractivity contribution in [2.75, 3.05) is 0 Å². The summed E-state index contributed by atoms with van der Waals surface area (Å²) in [5.74, 6) is -1.32. The predicted molar refractivity (Wildman–Crippen MR) is 73.1 cm³/mol. The van der Waals surface area contributed by atoms with E-state index >= 15 is 0 Å². The number of pyridine rings is 1. The molecule has 2 rings (SSSR count). The van der Waals surface area contributed by atoms with E-state index in [9.17, 15) is 9.59 Å². The summed E-state index contributed by atoms with van der Waals surface area (Å²) < 4.78 is 0. The highest BCUT2D eigenvalue weighted by Crippen LogP contribution is 2.25. The number of carbonyl (C=O) groups is 2. The number of aliphatic carboxylic acids is 1. The molecule has 6 heteroatoms. The van der Waals surface area contributed by atoms with Crippen molar-refractivity contribution in [3.63, 3.8) is 0 Å². The lowest BCUT2D eigenvalue weighted by Crippen LogP contribution is -2.46. The van der Waals surface area contributed by atoms with Crippen LogP contribution in [0.4, 0.5) is 4.79 Å². The Bertz CT molecular complexity index is 478. The van der Waals surface area contributed by atoms with Crippen LogP contribution in [0.1, 0.15) is 37.8 Å². The minimum atomic E-state index is -0.840. The van der Waals surface area contributed by atoms with Crippen molar-refractivity contribution in [2.24, 2.45) is 5.92 Å². The van der Waals surface area contributed by atoms with Crippen LogP contribution in [0.2, 0.25) is 0 Å². The third-order valence-corrected chi connectivity index (χ3v) is 3.68. The van der Waals surface area contributed by atoms with E-state index in [4.69, 9.17) is 5.11 Å². The third-order valence-electron chi connectivity index (χ3n) is 3.68. The van der Waals surface area contributed by atoms with E-state index in [1.54, 1.807) is 12.4 Å². The number of urea groups is 1. The van der Waals surface area contributed by atoms with E-state index in [0.717, 1.165) is 12.0 Å². The van der Waals surface area contributed by atoms with Gasteiger partial charge in [0.15, 0.2) is 0 Å². The van der Waals surface area contributed by atoms with Crippen molar-refractivity contribution >= 4 is 12.0 Å². The maximum absolute atomic E-state index is 11.9. The molecule has 3 atom stereocenters. The van der Waals surface area contributed by atoms with Crippen molar-refractivity contribution in [2.45, 2.75) is 38.3 Å². The quantitative estimate of drug-likeness (QED) is 0.781. The Labute approximate surface area is 117 Å². The zero-order valence-corrected chi connectivity index (χ0v) is 11.4. The zero-order valence-electron chi connectivity index (χ0n) is 11.4. The van der Waals surface area contributed by atoms with Gasteiger partial charge >= 0.3 is 12.0 Å². The molecule has 20 heavy (non-hydrogen) atoms. The van der Waals surface area contributed by atoms with Crippen molar-refractivity contribution in [1.29, 1.82) is 0 Å². The van der Waals surface area contributed by atoms with E-state index in [-0.39, 0.29) is 18.1 Å². The summed E-state index contributed by atoms with van der Waals surface area (Å²) in [6.07, 6.45) is 5.54. The molecular formula is C14H19N3O3. The van der Waals surface area contributed by atoms with Crippen LogP contribution in [0.15, 0.2) is 24.5 Å². The molecule has 0 saturated heterocycles. The molecule has 0 aliphatic heterocycles. The van der Waals surface area contributed by atoms with Crippen LogP contribution in [0, 0.1) is 5.92 Å². The fourth-order valence-corrected chi connectivity index (χ4v) is 2.55. The molecular weight excluding hydrogens is 258 g/mol. The summed E-state index contributed by atoms with van der Waals surface area (Å²) in [6.45, 7) is 1.86. The molecule has 1 saturated carbocycles. The van der Waals surface area contributed by atoms with E-state index in [1.807, 2.05) is 19.1 Å². The second-order valence-electron chi connectivity index (χ2n) is 5.11. The number of hydrogen-bond acceptors (Lipinski definition) is 3. The molecule has 0 bridgehead atoms. The summed E-state index contributed by atoms with van der Waals surface area (Å²) in [5.41, 5.74) is 0.906. The summed E-state index contributed by atoms with van der Waals surface area (Å²) >= 11 is 0. The molecule has 108 valence electrons.